The average molecular weight is 380 g/mol. The lowest BCUT2D eigenvalue weighted by Gasteiger charge is -2.31. The van der Waals surface area contributed by atoms with Crippen molar-refractivity contribution in [2.45, 2.75) is 57.3 Å². The number of hydrogen-bond acceptors (Lipinski definition) is 2. The molecule has 1 aliphatic carbocycles. The quantitative estimate of drug-likeness (QED) is 0.778. The van der Waals surface area contributed by atoms with E-state index in [4.69, 9.17) is 5.11 Å². The third-order valence-corrected chi connectivity index (χ3v) is 6.62. The van der Waals surface area contributed by atoms with E-state index in [0.29, 0.717) is 30.7 Å². The summed E-state index contributed by atoms with van der Waals surface area (Å²) in [5.74, 6) is 1.29. The first kappa shape index (κ1) is 18.9. The van der Waals surface area contributed by atoms with Crippen molar-refractivity contribution in [2.24, 2.45) is 0 Å². The maximum atomic E-state index is 11.1. The summed E-state index contributed by atoms with van der Waals surface area (Å²) < 4.78 is 0. The highest BCUT2D eigenvalue weighted by molar-refractivity contribution is 5.65. The Hall–Kier alpha value is -2.49. The van der Waals surface area contributed by atoms with Gasteiger partial charge in [0.15, 0.2) is 0 Å². The van der Waals surface area contributed by atoms with Crippen LogP contribution < -0.4 is 0 Å². The van der Waals surface area contributed by atoms with Crippen LogP contribution in [0.25, 0.3) is 0 Å². The molecule has 1 amide bonds. The van der Waals surface area contributed by atoms with Gasteiger partial charge in [0.2, 0.25) is 0 Å². The largest absolute Gasteiger partial charge is 0.508 e. The maximum Gasteiger partial charge on any atom is 0.407 e. The van der Waals surface area contributed by atoms with Crippen LogP contribution in [0.15, 0.2) is 36.4 Å². The minimum absolute atomic E-state index is 0.394. The van der Waals surface area contributed by atoms with Crippen LogP contribution in [0.4, 0.5) is 4.79 Å². The minimum Gasteiger partial charge on any atom is -0.508 e. The molecule has 4 heteroatoms. The van der Waals surface area contributed by atoms with Crippen molar-refractivity contribution in [2.75, 3.05) is 13.1 Å². The topological polar surface area (TPSA) is 60.8 Å². The number of piperidine rings is 1. The fraction of sp³-hybridized carbons (Fsp3) is 0.458. The molecule has 0 aromatic heterocycles. The average Bonchev–Trinajstić information content (AvgIpc) is 3.12. The van der Waals surface area contributed by atoms with Crippen LogP contribution in [0.3, 0.4) is 0 Å². The van der Waals surface area contributed by atoms with Crippen LogP contribution in [0.1, 0.15) is 65.8 Å². The summed E-state index contributed by atoms with van der Waals surface area (Å²) in [6, 6.07) is 12.7. The Balaban J connectivity index is 1.50. The van der Waals surface area contributed by atoms with E-state index in [1.54, 1.807) is 6.07 Å². The second-order valence-electron chi connectivity index (χ2n) is 8.22. The number of carbonyl (C=O) groups is 1. The fourth-order valence-electron chi connectivity index (χ4n) is 5.12. The third-order valence-electron chi connectivity index (χ3n) is 6.62. The van der Waals surface area contributed by atoms with Crippen LogP contribution in [0, 0.1) is 0 Å². The highest BCUT2D eigenvalue weighted by atomic mass is 16.4. The van der Waals surface area contributed by atoms with Gasteiger partial charge in [0.1, 0.15) is 5.75 Å². The molecule has 1 fully saturated rings. The SMILES string of the molecule is CCc1cc(C[C@H]2CCc3cccc(O)c32)ccc1C1CCN(C(=O)O)CC1. The molecular formula is C24H29NO3. The monoisotopic (exact) mass is 379 g/mol. The Bertz CT molecular complexity index is 868. The summed E-state index contributed by atoms with van der Waals surface area (Å²) in [6.07, 6.45) is 5.12. The molecule has 4 nitrogen and oxygen atoms in total. The number of likely N-dealkylation sites (tertiary alicyclic amines) is 1. The van der Waals surface area contributed by atoms with E-state index in [-0.39, 0.29) is 0 Å². The van der Waals surface area contributed by atoms with Crippen molar-refractivity contribution in [3.05, 3.63) is 64.2 Å². The van der Waals surface area contributed by atoms with Gasteiger partial charge < -0.3 is 15.1 Å². The number of phenolic OH excluding ortho intramolecular Hbond substituents is 1. The molecule has 2 aromatic carbocycles. The molecule has 0 spiro atoms. The minimum atomic E-state index is -0.801. The molecular weight excluding hydrogens is 350 g/mol. The lowest BCUT2D eigenvalue weighted by molar-refractivity contribution is 0.132. The van der Waals surface area contributed by atoms with E-state index in [2.05, 4.69) is 31.2 Å². The molecule has 2 aliphatic rings. The van der Waals surface area contributed by atoms with E-state index >= 15 is 0 Å². The molecule has 1 atom stereocenters. The number of benzene rings is 2. The molecule has 4 rings (SSSR count). The van der Waals surface area contributed by atoms with Gasteiger partial charge in [0.05, 0.1) is 0 Å². The van der Waals surface area contributed by atoms with Gasteiger partial charge in [-0.25, -0.2) is 4.79 Å². The summed E-state index contributed by atoms with van der Waals surface area (Å²) in [5, 5.41) is 19.5. The van der Waals surface area contributed by atoms with Crippen LogP contribution in [-0.2, 0) is 19.3 Å². The van der Waals surface area contributed by atoms with Gasteiger partial charge in [-0.3, -0.25) is 0 Å². The second-order valence-corrected chi connectivity index (χ2v) is 8.22. The Morgan fingerprint density at radius 2 is 1.93 bits per heavy atom. The van der Waals surface area contributed by atoms with Crippen molar-refractivity contribution < 1.29 is 15.0 Å². The maximum absolute atomic E-state index is 11.1. The number of carboxylic acid groups (broad SMARTS) is 1. The predicted octanol–water partition coefficient (Wildman–Crippen LogP) is 5.08. The van der Waals surface area contributed by atoms with Gasteiger partial charge in [-0.2, -0.15) is 0 Å². The summed E-state index contributed by atoms with van der Waals surface area (Å²) in [7, 11) is 0. The molecule has 0 saturated carbocycles. The van der Waals surface area contributed by atoms with E-state index in [9.17, 15) is 9.90 Å². The lowest BCUT2D eigenvalue weighted by Crippen LogP contribution is -2.37. The van der Waals surface area contributed by atoms with Gasteiger partial charge in [0.25, 0.3) is 0 Å². The molecule has 2 aromatic rings. The molecule has 0 unspecified atom stereocenters. The highest BCUT2D eigenvalue weighted by Gasteiger charge is 2.27. The van der Waals surface area contributed by atoms with Gasteiger partial charge in [0, 0.05) is 18.7 Å². The second kappa shape index (κ2) is 7.86. The zero-order chi connectivity index (χ0) is 19.7. The van der Waals surface area contributed by atoms with Gasteiger partial charge >= 0.3 is 6.09 Å². The van der Waals surface area contributed by atoms with E-state index in [1.807, 2.05) is 6.07 Å². The normalized spacial score (nSPS) is 19.6. The summed E-state index contributed by atoms with van der Waals surface area (Å²) in [5.41, 5.74) is 6.56. The number of aromatic hydroxyl groups is 1. The van der Waals surface area contributed by atoms with Gasteiger partial charge in [-0.1, -0.05) is 37.3 Å². The van der Waals surface area contributed by atoms with Gasteiger partial charge in [-0.15, -0.1) is 0 Å². The van der Waals surface area contributed by atoms with Crippen molar-refractivity contribution in [1.82, 2.24) is 4.90 Å². The molecule has 28 heavy (non-hydrogen) atoms. The summed E-state index contributed by atoms with van der Waals surface area (Å²) in [6.45, 7) is 3.46. The number of hydrogen-bond donors (Lipinski definition) is 2. The Labute approximate surface area is 166 Å². The first-order chi connectivity index (χ1) is 13.6. The predicted molar refractivity (Wildman–Crippen MR) is 110 cm³/mol. The summed E-state index contributed by atoms with van der Waals surface area (Å²) in [4.78, 5) is 12.7. The van der Waals surface area contributed by atoms with Crippen LogP contribution >= 0.6 is 0 Å². The standard InChI is InChI=1S/C24H29NO3/c1-2-17-14-16(15-20-8-7-19-4-3-5-22(26)23(19)20)6-9-21(17)18-10-12-25(13-11-18)24(27)28/h3-6,9,14,18,20,26H,2,7-8,10-13,15H2,1H3,(H,27,28)/t20-/m1/s1. The number of rotatable bonds is 4. The molecule has 0 radical (unpaired) electrons. The number of phenols is 1. The molecule has 0 bridgehead atoms. The molecule has 2 N–H and O–H groups in total. The van der Waals surface area contributed by atoms with Crippen LogP contribution in [0.2, 0.25) is 0 Å². The smallest absolute Gasteiger partial charge is 0.407 e. The van der Waals surface area contributed by atoms with Crippen molar-refractivity contribution in [3.8, 4) is 5.75 Å². The van der Waals surface area contributed by atoms with Crippen molar-refractivity contribution in [3.63, 3.8) is 0 Å². The number of fused-ring (bicyclic) bond motifs is 1. The number of aryl methyl sites for hydroxylation is 2. The molecule has 1 saturated heterocycles. The van der Waals surface area contributed by atoms with Crippen LogP contribution in [-0.4, -0.2) is 34.3 Å². The van der Waals surface area contributed by atoms with Crippen molar-refractivity contribution in [1.29, 1.82) is 0 Å². The zero-order valence-corrected chi connectivity index (χ0v) is 16.5. The number of amides is 1. The Kier molecular flexibility index (Phi) is 5.29. The van der Waals surface area contributed by atoms with E-state index in [0.717, 1.165) is 44.1 Å². The molecule has 1 aliphatic heterocycles. The molecule has 1 heterocycles. The van der Waals surface area contributed by atoms with Crippen LogP contribution in [0.5, 0.6) is 5.75 Å². The molecule has 148 valence electrons. The summed E-state index contributed by atoms with van der Waals surface area (Å²) >= 11 is 0. The Morgan fingerprint density at radius 1 is 1.14 bits per heavy atom. The van der Waals surface area contributed by atoms with Crippen molar-refractivity contribution >= 4 is 6.09 Å². The lowest BCUT2D eigenvalue weighted by atomic mass is 9.84. The number of nitrogens with zero attached hydrogens (tertiary/aromatic N) is 1. The zero-order valence-electron chi connectivity index (χ0n) is 16.5. The first-order valence-electron chi connectivity index (χ1n) is 10.5. The third kappa shape index (κ3) is 3.60. The first-order valence-corrected chi connectivity index (χ1v) is 10.5. The van der Waals surface area contributed by atoms with Gasteiger partial charge in [-0.05, 0) is 78.7 Å². The fourth-order valence-corrected chi connectivity index (χ4v) is 5.12. The Morgan fingerprint density at radius 3 is 2.64 bits per heavy atom. The van der Waals surface area contributed by atoms with E-state index < -0.39 is 6.09 Å². The highest BCUT2D eigenvalue weighted by Crippen LogP contribution is 2.41. The van der Waals surface area contributed by atoms with E-state index in [1.165, 1.54) is 27.2 Å².